The minimum Gasteiger partial charge on any atom is -0.479 e. The van der Waals surface area contributed by atoms with E-state index < -0.39 is 18.2 Å². The predicted molar refractivity (Wildman–Crippen MR) is 56.9 cm³/mol. The summed E-state index contributed by atoms with van der Waals surface area (Å²) in [5, 5.41) is 11.4. The van der Waals surface area contributed by atoms with Crippen LogP contribution in [0.25, 0.3) is 0 Å². The van der Waals surface area contributed by atoms with Gasteiger partial charge in [-0.3, -0.25) is 4.79 Å². The first-order valence-corrected chi connectivity index (χ1v) is 6.19. The highest BCUT2D eigenvalue weighted by Gasteiger charge is 2.34. The third kappa shape index (κ3) is 3.71. The highest BCUT2D eigenvalue weighted by atomic mass is 32.2. The summed E-state index contributed by atoms with van der Waals surface area (Å²) in [6, 6.07) is 0. The fourth-order valence-electron chi connectivity index (χ4n) is 1.40. The van der Waals surface area contributed by atoms with Crippen LogP contribution in [0.4, 0.5) is 0 Å². The average Bonchev–Trinajstić information content (AvgIpc) is 2.66. The summed E-state index contributed by atoms with van der Waals surface area (Å²) in [6.45, 7) is 0.595. The van der Waals surface area contributed by atoms with Crippen LogP contribution in [0.2, 0.25) is 0 Å². The number of nitrogens with one attached hydrogen (secondary N) is 1. The lowest BCUT2D eigenvalue weighted by atomic mass is 10.2. The maximum Gasteiger partial charge on any atom is 0.332 e. The van der Waals surface area contributed by atoms with Crippen molar-refractivity contribution < 1.29 is 19.4 Å². The molecule has 0 aromatic carbocycles. The molecule has 2 unspecified atom stereocenters. The van der Waals surface area contributed by atoms with Crippen LogP contribution in [0.3, 0.4) is 0 Å². The van der Waals surface area contributed by atoms with E-state index in [-0.39, 0.29) is 5.91 Å². The molecule has 0 aromatic rings. The van der Waals surface area contributed by atoms with Crippen molar-refractivity contribution in [2.24, 2.45) is 0 Å². The molecule has 86 valence electrons. The highest BCUT2D eigenvalue weighted by Crippen LogP contribution is 2.19. The van der Waals surface area contributed by atoms with Crippen LogP contribution >= 0.6 is 11.8 Å². The molecule has 1 aliphatic heterocycles. The molecular weight excluding hydrogens is 218 g/mol. The van der Waals surface area contributed by atoms with E-state index in [0.29, 0.717) is 19.4 Å². The van der Waals surface area contributed by atoms with Crippen LogP contribution in [0.5, 0.6) is 0 Å². The van der Waals surface area contributed by atoms with Gasteiger partial charge in [0.1, 0.15) is 6.10 Å². The second kappa shape index (κ2) is 5.97. The van der Waals surface area contributed by atoms with E-state index in [1.807, 2.05) is 6.26 Å². The fraction of sp³-hybridized carbons (Fsp3) is 0.778. The van der Waals surface area contributed by atoms with E-state index in [1.54, 1.807) is 11.8 Å². The van der Waals surface area contributed by atoms with Crippen LogP contribution in [0, 0.1) is 0 Å². The topological polar surface area (TPSA) is 75.6 Å². The Morgan fingerprint density at radius 2 is 2.13 bits per heavy atom. The van der Waals surface area contributed by atoms with Gasteiger partial charge >= 0.3 is 5.97 Å². The first-order chi connectivity index (χ1) is 7.15. The van der Waals surface area contributed by atoms with E-state index in [4.69, 9.17) is 9.84 Å². The number of rotatable bonds is 5. The van der Waals surface area contributed by atoms with E-state index in [0.717, 1.165) is 5.75 Å². The van der Waals surface area contributed by atoms with Gasteiger partial charge in [0.05, 0.1) is 0 Å². The number of carboxylic acids is 1. The van der Waals surface area contributed by atoms with Gasteiger partial charge in [0.25, 0.3) is 0 Å². The van der Waals surface area contributed by atoms with Gasteiger partial charge in [-0.05, 0) is 19.1 Å². The highest BCUT2D eigenvalue weighted by molar-refractivity contribution is 7.98. The summed E-state index contributed by atoms with van der Waals surface area (Å²) in [4.78, 5) is 22.0. The van der Waals surface area contributed by atoms with Crippen molar-refractivity contribution in [3.63, 3.8) is 0 Å². The average molecular weight is 233 g/mol. The van der Waals surface area contributed by atoms with Crippen molar-refractivity contribution in [2.75, 3.05) is 18.6 Å². The van der Waals surface area contributed by atoms with E-state index >= 15 is 0 Å². The third-order valence-electron chi connectivity index (χ3n) is 2.19. The summed E-state index contributed by atoms with van der Waals surface area (Å²) in [5.74, 6) is -0.344. The number of aliphatic carboxylic acids is 1. The largest absolute Gasteiger partial charge is 0.479 e. The number of carbonyl (C=O) groups is 2. The van der Waals surface area contributed by atoms with Crippen LogP contribution < -0.4 is 5.32 Å². The smallest absolute Gasteiger partial charge is 0.332 e. The molecule has 1 aliphatic rings. The summed E-state index contributed by atoms with van der Waals surface area (Å²) in [5.41, 5.74) is 0. The Labute approximate surface area is 92.6 Å². The summed E-state index contributed by atoms with van der Waals surface area (Å²) in [6.07, 6.45) is 1.45. The Balaban J connectivity index is 2.27. The molecule has 5 nitrogen and oxygen atoms in total. The first-order valence-electron chi connectivity index (χ1n) is 4.80. The minimum atomic E-state index is -0.991. The Hall–Kier alpha value is -0.750. The molecule has 6 heteroatoms. The molecule has 0 saturated carbocycles. The van der Waals surface area contributed by atoms with Gasteiger partial charge in [0.15, 0.2) is 6.10 Å². The van der Waals surface area contributed by atoms with Crippen molar-refractivity contribution in [1.29, 1.82) is 0 Å². The van der Waals surface area contributed by atoms with Crippen molar-refractivity contribution in [3.05, 3.63) is 0 Å². The van der Waals surface area contributed by atoms with Crippen molar-refractivity contribution in [2.45, 2.75) is 25.0 Å². The molecule has 2 atom stereocenters. The quantitative estimate of drug-likeness (QED) is 0.659. The lowest BCUT2D eigenvalue weighted by Crippen LogP contribution is -2.36. The molecule has 1 heterocycles. The number of carboxylic acid groups (broad SMARTS) is 1. The number of ether oxygens (including phenoxy) is 1. The number of carbonyl (C=O) groups excluding carboxylic acids is 1. The van der Waals surface area contributed by atoms with Crippen LogP contribution in [-0.2, 0) is 14.3 Å². The Kier molecular flexibility index (Phi) is 4.90. The van der Waals surface area contributed by atoms with Gasteiger partial charge in [-0.25, -0.2) is 4.79 Å². The van der Waals surface area contributed by atoms with Crippen LogP contribution in [0.1, 0.15) is 12.8 Å². The molecule has 2 N–H and O–H groups in total. The number of amides is 1. The van der Waals surface area contributed by atoms with E-state index in [2.05, 4.69) is 5.32 Å². The molecule has 0 spiro atoms. The molecular formula is C9H15NO4S. The summed E-state index contributed by atoms with van der Waals surface area (Å²) >= 11 is 1.64. The predicted octanol–water partition coefficient (Wildman–Crippen LogP) is 0.0978. The number of hydrogen-bond donors (Lipinski definition) is 2. The monoisotopic (exact) mass is 233 g/mol. The zero-order valence-electron chi connectivity index (χ0n) is 8.56. The number of hydrogen-bond acceptors (Lipinski definition) is 4. The van der Waals surface area contributed by atoms with Crippen molar-refractivity contribution in [3.8, 4) is 0 Å². The SMILES string of the molecule is CSCCNC(=O)C1CCC(C(=O)O)O1. The molecule has 0 aromatic heterocycles. The van der Waals surface area contributed by atoms with Gasteiger partial charge in [0, 0.05) is 12.3 Å². The lowest BCUT2D eigenvalue weighted by Gasteiger charge is -2.11. The second-order valence-electron chi connectivity index (χ2n) is 3.31. The molecule has 0 radical (unpaired) electrons. The van der Waals surface area contributed by atoms with Gasteiger partial charge in [-0.1, -0.05) is 0 Å². The van der Waals surface area contributed by atoms with E-state index in [1.165, 1.54) is 0 Å². The van der Waals surface area contributed by atoms with Gasteiger partial charge in [0.2, 0.25) is 5.91 Å². The summed E-state index contributed by atoms with van der Waals surface area (Å²) in [7, 11) is 0. The van der Waals surface area contributed by atoms with E-state index in [9.17, 15) is 9.59 Å². The standard InChI is InChI=1S/C9H15NO4S/c1-15-5-4-10-8(11)6-2-3-7(14-6)9(12)13/h6-7H,2-5H2,1H3,(H,10,11)(H,12,13). The summed E-state index contributed by atoms with van der Waals surface area (Å²) < 4.78 is 5.10. The molecule has 1 saturated heterocycles. The zero-order chi connectivity index (χ0) is 11.3. The van der Waals surface area contributed by atoms with Gasteiger partial charge in [-0.2, -0.15) is 11.8 Å². The Morgan fingerprint density at radius 3 is 2.67 bits per heavy atom. The Bertz CT molecular complexity index is 246. The number of thioether (sulfide) groups is 1. The first kappa shape index (κ1) is 12.3. The molecule has 1 rings (SSSR count). The Morgan fingerprint density at radius 1 is 1.47 bits per heavy atom. The lowest BCUT2D eigenvalue weighted by molar-refractivity contribution is -0.151. The maximum atomic E-state index is 11.4. The fourth-order valence-corrected chi connectivity index (χ4v) is 1.71. The maximum absolute atomic E-state index is 11.4. The second-order valence-corrected chi connectivity index (χ2v) is 4.30. The third-order valence-corrected chi connectivity index (χ3v) is 2.81. The zero-order valence-corrected chi connectivity index (χ0v) is 9.38. The molecule has 15 heavy (non-hydrogen) atoms. The van der Waals surface area contributed by atoms with Crippen LogP contribution in [-0.4, -0.2) is 47.7 Å². The van der Waals surface area contributed by atoms with Crippen molar-refractivity contribution >= 4 is 23.6 Å². The normalized spacial score (nSPS) is 25.1. The molecule has 0 aliphatic carbocycles. The van der Waals surface area contributed by atoms with Gasteiger partial charge in [-0.15, -0.1) is 0 Å². The molecule has 0 bridgehead atoms. The van der Waals surface area contributed by atoms with Gasteiger partial charge < -0.3 is 15.2 Å². The molecule has 1 amide bonds. The minimum absolute atomic E-state index is 0.201. The molecule has 1 fully saturated rings. The van der Waals surface area contributed by atoms with Crippen molar-refractivity contribution in [1.82, 2.24) is 5.32 Å². The van der Waals surface area contributed by atoms with Crippen LogP contribution in [0.15, 0.2) is 0 Å².